The molecule has 1 saturated heterocycles. The standard InChI is InChI=1S/C24H33N3OS/c1-25(11-18-4-2-3-5-18)15-21-6-7-23-22-10-20(14-27(23)24(21)28)13-26(16-22)12-19-8-9-29-17-19/h6-9,17-18,20,22H,2-5,10-16H2,1H3/t20-,22+/m0/s1. The first-order valence-electron chi connectivity index (χ1n) is 11.3. The Labute approximate surface area is 178 Å². The van der Waals surface area contributed by atoms with E-state index in [4.69, 9.17) is 0 Å². The Kier molecular flexibility index (Phi) is 5.63. The molecule has 156 valence electrons. The van der Waals surface area contributed by atoms with E-state index in [9.17, 15) is 4.79 Å². The Morgan fingerprint density at radius 1 is 1.14 bits per heavy atom. The van der Waals surface area contributed by atoms with Gasteiger partial charge in [0.25, 0.3) is 5.56 Å². The first-order chi connectivity index (χ1) is 14.2. The highest BCUT2D eigenvalue weighted by atomic mass is 32.1. The summed E-state index contributed by atoms with van der Waals surface area (Å²) >= 11 is 1.78. The largest absolute Gasteiger partial charge is 0.312 e. The van der Waals surface area contributed by atoms with Gasteiger partial charge in [0.2, 0.25) is 0 Å². The fourth-order valence-corrected chi connectivity index (χ4v) is 6.63. The molecule has 2 atom stereocenters. The highest BCUT2D eigenvalue weighted by molar-refractivity contribution is 7.07. The van der Waals surface area contributed by atoms with Crippen molar-refractivity contribution in [3.05, 3.63) is 56.1 Å². The lowest BCUT2D eigenvalue weighted by Crippen LogP contribution is -2.47. The van der Waals surface area contributed by atoms with Crippen LogP contribution in [0.4, 0.5) is 0 Å². The molecule has 0 unspecified atom stereocenters. The number of fused-ring (bicyclic) bond motifs is 4. The lowest BCUT2D eigenvalue weighted by molar-refractivity contribution is 0.114. The fourth-order valence-electron chi connectivity index (χ4n) is 5.97. The van der Waals surface area contributed by atoms with Gasteiger partial charge in [-0.3, -0.25) is 9.69 Å². The highest BCUT2D eigenvalue weighted by Gasteiger charge is 2.35. The van der Waals surface area contributed by atoms with Gasteiger partial charge < -0.3 is 9.47 Å². The second-order valence-corrected chi connectivity index (χ2v) is 10.5. The molecule has 0 N–H and O–H groups in total. The third-order valence-electron chi connectivity index (χ3n) is 7.23. The van der Waals surface area contributed by atoms with E-state index in [-0.39, 0.29) is 5.56 Å². The van der Waals surface area contributed by atoms with Crippen molar-refractivity contribution in [2.45, 2.75) is 57.7 Å². The average molecular weight is 412 g/mol. The summed E-state index contributed by atoms with van der Waals surface area (Å²) in [5.74, 6) is 1.93. The lowest BCUT2D eigenvalue weighted by Gasteiger charge is -2.43. The Morgan fingerprint density at radius 2 is 2.00 bits per heavy atom. The zero-order valence-corrected chi connectivity index (χ0v) is 18.4. The summed E-state index contributed by atoms with van der Waals surface area (Å²) in [5, 5.41) is 4.43. The van der Waals surface area contributed by atoms with Crippen molar-refractivity contribution in [3.63, 3.8) is 0 Å². The van der Waals surface area contributed by atoms with E-state index in [2.05, 4.69) is 50.4 Å². The minimum Gasteiger partial charge on any atom is -0.312 e. The molecule has 0 radical (unpaired) electrons. The molecule has 2 aromatic rings. The van der Waals surface area contributed by atoms with Gasteiger partial charge in [-0.1, -0.05) is 18.9 Å². The van der Waals surface area contributed by atoms with Gasteiger partial charge in [-0.2, -0.15) is 11.3 Å². The molecule has 1 saturated carbocycles. The normalized spacial score (nSPS) is 24.9. The lowest BCUT2D eigenvalue weighted by atomic mass is 9.83. The predicted octanol–water partition coefficient (Wildman–Crippen LogP) is 4.15. The van der Waals surface area contributed by atoms with E-state index < -0.39 is 0 Å². The summed E-state index contributed by atoms with van der Waals surface area (Å²) in [4.78, 5) is 18.2. The van der Waals surface area contributed by atoms with E-state index in [0.29, 0.717) is 11.8 Å². The Balaban J connectivity index is 1.29. The number of hydrogen-bond donors (Lipinski definition) is 0. The Hall–Kier alpha value is -1.43. The van der Waals surface area contributed by atoms with Crippen molar-refractivity contribution in [2.24, 2.45) is 11.8 Å². The number of hydrogen-bond acceptors (Lipinski definition) is 4. The molecule has 4 heterocycles. The zero-order valence-electron chi connectivity index (χ0n) is 17.6. The number of piperidine rings is 1. The Bertz CT molecular complexity index is 884. The van der Waals surface area contributed by atoms with Gasteiger partial charge >= 0.3 is 0 Å². The molecule has 2 bridgehead atoms. The van der Waals surface area contributed by atoms with E-state index in [1.807, 2.05) is 0 Å². The van der Waals surface area contributed by atoms with Crippen LogP contribution in [0.1, 0.15) is 54.8 Å². The van der Waals surface area contributed by atoms with E-state index >= 15 is 0 Å². The molecule has 0 spiro atoms. The van der Waals surface area contributed by atoms with Gasteiger partial charge in [-0.25, -0.2) is 0 Å². The summed E-state index contributed by atoms with van der Waals surface area (Å²) in [6, 6.07) is 6.62. The molecule has 2 fully saturated rings. The number of nitrogens with zero attached hydrogens (tertiary/aromatic N) is 3. The molecule has 1 aliphatic carbocycles. The maximum absolute atomic E-state index is 13.3. The highest BCUT2D eigenvalue weighted by Crippen LogP contribution is 2.36. The summed E-state index contributed by atoms with van der Waals surface area (Å²) in [6.45, 7) is 6.05. The molecule has 5 heteroatoms. The minimum atomic E-state index is 0.266. The summed E-state index contributed by atoms with van der Waals surface area (Å²) in [7, 11) is 2.18. The van der Waals surface area contributed by atoms with Crippen molar-refractivity contribution >= 4 is 11.3 Å². The van der Waals surface area contributed by atoms with Crippen LogP contribution < -0.4 is 5.56 Å². The topological polar surface area (TPSA) is 28.5 Å². The minimum absolute atomic E-state index is 0.266. The van der Waals surface area contributed by atoms with Crippen LogP contribution in [0, 0.1) is 11.8 Å². The number of aromatic nitrogens is 1. The third kappa shape index (κ3) is 4.23. The van der Waals surface area contributed by atoms with Gasteiger partial charge in [-0.15, -0.1) is 0 Å². The van der Waals surface area contributed by atoms with Crippen LogP contribution >= 0.6 is 11.3 Å². The average Bonchev–Trinajstić information content (AvgIpc) is 3.39. The van der Waals surface area contributed by atoms with Crippen LogP contribution in [0.15, 0.2) is 33.8 Å². The first kappa shape index (κ1) is 19.5. The van der Waals surface area contributed by atoms with Crippen molar-refractivity contribution in [2.75, 3.05) is 26.7 Å². The van der Waals surface area contributed by atoms with E-state index in [1.54, 1.807) is 11.3 Å². The van der Waals surface area contributed by atoms with Crippen molar-refractivity contribution < 1.29 is 0 Å². The maximum Gasteiger partial charge on any atom is 0.255 e. The van der Waals surface area contributed by atoms with Crippen molar-refractivity contribution in [3.8, 4) is 0 Å². The smallest absolute Gasteiger partial charge is 0.255 e. The monoisotopic (exact) mass is 411 g/mol. The second-order valence-electron chi connectivity index (χ2n) is 9.67. The first-order valence-corrected chi connectivity index (χ1v) is 12.2. The molecule has 2 aromatic heterocycles. The van der Waals surface area contributed by atoms with Gasteiger partial charge in [-0.05, 0) is 66.6 Å². The van der Waals surface area contributed by atoms with Gasteiger partial charge in [0.1, 0.15) is 0 Å². The SMILES string of the molecule is CN(Cc1ccc2n(c1=O)C[C@H]1C[C@@H]2CN(Cc2ccsc2)C1)CC1CCCC1. The quantitative estimate of drug-likeness (QED) is 0.715. The number of likely N-dealkylation sites (tertiary alicyclic amines) is 1. The molecule has 0 amide bonds. The molecule has 4 nitrogen and oxygen atoms in total. The van der Waals surface area contributed by atoms with Gasteiger partial charge in [0.05, 0.1) is 0 Å². The van der Waals surface area contributed by atoms with Crippen molar-refractivity contribution in [1.82, 2.24) is 14.4 Å². The molecular formula is C24H33N3OS. The van der Waals surface area contributed by atoms with Crippen LogP contribution in [0.25, 0.3) is 0 Å². The van der Waals surface area contributed by atoms with Crippen LogP contribution in [-0.4, -0.2) is 41.0 Å². The summed E-state index contributed by atoms with van der Waals surface area (Å²) in [5.41, 5.74) is 3.93. The molecule has 0 aromatic carbocycles. The molecule has 29 heavy (non-hydrogen) atoms. The van der Waals surface area contributed by atoms with E-state index in [0.717, 1.165) is 50.7 Å². The number of pyridine rings is 1. The van der Waals surface area contributed by atoms with E-state index in [1.165, 1.54) is 43.4 Å². The summed E-state index contributed by atoms with van der Waals surface area (Å²) < 4.78 is 2.12. The second kappa shape index (κ2) is 8.37. The molecule has 5 rings (SSSR count). The van der Waals surface area contributed by atoms with Crippen LogP contribution in [0.2, 0.25) is 0 Å². The number of thiophene rings is 1. The van der Waals surface area contributed by atoms with Crippen LogP contribution in [0.3, 0.4) is 0 Å². The van der Waals surface area contributed by atoms with Crippen LogP contribution in [0.5, 0.6) is 0 Å². The zero-order chi connectivity index (χ0) is 19.8. The van der Waals surface area contributed by atoms with Gasteiger partial charge in [0.15, 0.2) is 0 Å². The predicted molar refractivity (Wildman–Crippen MR) is 119 cm³/mol. The van der Waals surface area contributed by atoms with Crippen molar-refractivity contribution in [1.29, 1.82) is 0 Å². The van der Waals surface area contributed by atoms with Crippen LogP contribution in [-0.2, 0) is 19.6 Å². The molecular weight excluding hydrogens is 378 g/mol. The molecule has 3 aliphatic rings. The Morgan fingerprint density at radius 3 is 2.79 bits per heavy atom. The fraction of sp³-hybridized carbons (Fsp3) is 0.625. The molecule has 2 aliphatic heterocycles. The maximum atomic E-state index is 13.3. The third-order valence-corrected chi connectivity index (χ3v) is 7.96. The summed E-state index contributed by atoms with van der Waals surface area (Å²) in [6.07, 6.45) is 6.72. The van der Waals surface area contributed by atoms with Gasteiger partial charge in [0, 0.05) is 56.4 Å². The number of rotatable bonds is 6.